The smallest absolute Gasteiger partial charge is 0.247 e. The van der Waals surface area contributed by atoms with Gasteiger partial charge in [0.25, 0.3) is 0 Å². The second-order valence-corrected chi connectivity index (χ2v) is 9.24. The van der Waals surface area contributed by atoms with E-state index in [9.17, 15) is 9.90 Å². The third-order valence-electron chi connectivity index (χ3n) is 7.41. The Morgan fingerprint density at radius 1 is 1.06 bits per heavy atom. The maximum absolute atomic E-state index is 13.5. The number of benzene rings is 2. The van der Waals surface area contributed by atoms with Gasteiger partial charge in [-0.3, -0.25) is 4.79 Å². The van der Waals surface area contributed by atoms with Crippen LogP contribution in [0.2, 0.25) is 0 Å². The molecular formula is C27H31NO6. The maximum atomic E-state index is 13.5. The van der Waals surface area contributed by atoms with Crippen molar-refractivity contribution in [1.29, 1.82) is 0 Å². The molecule has 0 radical (unpaired) electrons. The minimum absolute atomic E-state index is 0.0315. The third kappa shape index (κ3) is 4.09. The van der Waals surface area contributed by atoms with Gasteiger partial charge in [-0.2, -0.15) is 0 Å². The highest BCUT2D eigenvalue weighted by molar-refractivity contribution is 5.92. The number of amides is 1. The number of methoxy groups -OCH3 is 2. The van der Waals surface area contributed by atoms with E-state index in [2.05, 4.69) is 0 Å². The summed E-state index contributed by atoms with van der Waals surface area (Å²) in [6.45, 7) is 0.711. The summed E-state index contributed by atoms with van der Waals surface area (Å²) in [6, 6.07) is 11.2. The van der Waals surface area contributed by atoms with Crippen molar-refractivity contribution in [3.05, 3.63) is 53.6 Å². The number of piperidine rings is 1. The molecule has 1 saturated heterocycles. The molecule has 7 nitrogen and oxygen atoms in total. The van der Waals surface area contributed by atoms with Gasteiger partial charge in [-0.05, 0) is 60.7 Å². The Morgan fingerprint density at radius 2 is 1.88 bits per heavy atom. The predicted octanol–water partition coefficient (Wildman–Crippen LogP) is 4.34. The van der Waals surface area contributed by atoms with Crippen LogP contribution < -0.4 is 18.9 Å². The lowest BCUT2D eigenvalue weighted by atomic mass is 9.66. The quantitative estimate of drug-likeness (QED) is 0.662. The number of rotatable bonds is 5. The van der Waals surface area contributed by atoms with Gasteiger partial charge < -0.3 is 29.0 Å². The van der Waals surface area contributed by atoms with E-state index in [4.69, 9.17) is 18.9 Å². The minimum Gasteiger partial charge on any atom is -0.493 e. The molecule has 2 fully saturated rings. The van der Waals surface area contributed by atoms with E-state index in [-0.39, 0.29) is 24.7 Å². The molecule has 0 unspecified atom stereocenters. The molecule has 1 N–H and O–H groups in total. The van der Waals surface area contributed by atoms with E-state index in [1.54, 1.807) is 26.4 Å². The Morgan fingerprint density at radius 3 is 2.71 bits per heavy atom. The first kappa shape index (κ1) is 22.6. The van der Waals surface area contributed by atoms with Gasteiger partial charge in [0.2, 0.25) is 12.7 Å². The largest absolute Gasteiger partial charge is 0.493 e. The van der Waals surface area contributed by atoms with Crippen molar-refractivity contribution in [3.63, 3.8) is 0 Å². The fourth-order valence-electron chi connectivity index (χ4n) is 5.66. The number of carbonyl (C=O) groups is 1. The fourth-order valence-corrected chi connectivity index (χ4v) is 5.66. The Bertz CT molecular complexity index is 1100. The van der Waals surface area contributed by atoms with Gasteiger partial charge in [0, 0.05) is 18.5 Å². The number of aliphatic hydroxyl groups is 1. The van der Waals surface area contributed by atoms with Crippen LogP contribution in [0.15, 0.2) is 42.5 Å². The molecule has 0 spiro atoms. The van der Waals surface area contributed by atoms with Gasteiger partial charge in [-0.25, -0.2) is 0 Å². The van der Waals surface area contributed by atoms with Gasteiger partial charge in [0.15, 0.2) is 23.0 Å². The fraction of sp³-hybridized carbons (Fsp3) is 0.444. The number of hydrogen-bond donors (Lipinski definition) is 1. The average molecular weight is 466 g/mol. The standard InChI is InChI=1S/C27H31NO6/c1-31-21-10-8-19(16-23(21)32-2)26-20-5-3-4-12-27(20,30)13-14-28(26)25(29)11-7-18-6-9-22-24(15-18)34-17-33-22/h6-11,15-16,20,26,30H,3-5,12-14,17H2,1-2H3/b11-7+/t20-,26-,27-/m0/s1. The second-order valence-electron chi connectivity index (χ2n) is 9.24. The Labute approximate surface area is 199 Å². The van der Waals surface area contributed by atoms with E-state index in [0.29, 0.717) is 36.0 Å². The first-order chi connectivity index (χ1) is 16.5. The molecule has 2 aromatic carbocycles. The van der Waals surface area contributed by atoms with Gasteiger partial charge >= 0.3 is 0 Å². The van der Waals surface area contributed by atoms with Gasteiger partial charge in [0.05, 0.1) is 25.9 Å². The van der Waals surface area contributed by atoms with E-state index >= 15 is 0 Å². The van der Waals surface area contributed by atoms with E-state index in [1.165, 1.54) is 0 Å². The highest BCUT2D eigenvalue weighted by Crippen LogP contribution is 2.50. The zero-order valence-electron chi connectivity index (χ0n) is 19.7. The number of carbonyl (C=O) groups excluding carboxylic acids is 1. The lowest BCUT2D eigenvalue weighted by molar-refractivity contribution is -0.150. The Hall–Kier alpha value is -3.19. The molecule has 0 aromatic heterocycles. The summed E-state index contributed by atoms with van der Waals surface area (Å²) >= 11 is 0. The molecule has 5 rings (SSSR count). The first-order valence-electron chi connectivity index (χ1n) is 11.8. The monoisotopic (exact) mass is 465 g/mol. The van der Waals surface area contributed by atoms with Crippen molar-refractivity contribution in [3.8, 4) is 23.0 Å². The molecule has 1 amide bonds. The average Bonchev–Trinajstić information content (AvgIpc) is 3.34. The summed E-state index contributed by atoms with van der Waals surface area (Å²) < 4.78 is 21.8. The molecule has 34 heavy (non-hydrogen) atoms. The second kappa shape index (κ2) is 9.22. The van der Waals surface area contributed by atoms with Gasteiger partial charge in [0.1, 0.15) is 0 Å². The van der Waals surface area contributed by atoms with Crippen molar-refractivity contribution in [2.75, 3.05) is 27.6 Å². The summed E-state index contributed by atoms with van der Waals surface area (Å²) in [5, 5.41) is 11.5. The van der Waals surface area contributed by atoms with E-state index in [0.717, 1.165) is 36.8 Å². The van der Waals surface area contributed by atoms with Crippen LogP contribution >= 0.6 is 0 Å². The summed E-state index contributed by atoms with van der Waals surface area (Å²) in [6.07, 6.45) is 7.72. The van der Waals surface area contributed by atoms with Crippen LogP contribution in [-0.4, -0.2) is 49.1 Å². The Kier molecular flexibility index (Phi) is 6.13. The number of fused-ring (bicyclic) bond motifs is 2. The minimum atomic E-state index is -0.756. The predicted molar refractivity (Wildman–Crippen MR) is 127 cm³/mol. The van der Waals surface area contributed by atoms with Crippen molar-refractivity contribution in [2.45, 2.75) is 43.7 Å². The van der Waals surface area contributed by atoms with Crippen molar-refractivity contribution in [2.24, 2.45) is 5.92 Å². The summed E-state index contributed by atoms with van der Waals surface area (Å²) in [7, 11) is 3.21. The normalized spacial score (nSPS) is 25.8. The molecule has 3 aliphatic rings. The molecule has 2 aromatic rings. The van der Waals surface area contributed by atoms with Crippen LogP contribution in [0, 0.1) is 5.92 Å². The lowest BCUT2D eigenvalue weighted by Gasteiger charge is -2.52. The molecule has 2 aliphatic heterocycles. The highest BCUT2D eigenvalue weighted by atomic mass is 16.7. The van der Waals surface area contributed by atoms with Crippen molar-refractivity contribution >= 4 is 12.0 Å². The molecule has 0 bridgehead atoms. The molecular weight excluding hydrogens is 434 g/mol. The van der Waals surface area contributed by atoms with Crippen LogP contribution in [-0.2, 0) is 4.79 Å². The topological polar surface area (TPSA) is 77.5 Å². The maximum Gasteiger partial charge on any atom is 0.247 e. The van der Waals surface area contributed by atoms with Gasteiger partial charge in [-0.15, -0.1) is 0 Å². The van der Waals surface area contributed by atoms with Gasteiger partial charge in [-0.1, -0.05) is 25.0 Å². The van der Waals surface area contributed by atoms with Crippen LogP contribution in [0.4, 0.5) is 0 Å². The van der Waals surface area contributed by atoms with Crippen LogP contribution in [0.25, 0.3) is 6.08 Å². The zero-order chi connectivity index (χ0) is 23.7. The number of ether oxygens (including phenoxy) is 4. The van der Waals surface area contributed by atoms with E-state index < -0.39 is 5.60 Å². The molecule has 2 heterocycles. The molecule has 1 saturated carbocycles. The molecule has 3 atom stereocenters. The molecule has 1 aliphatic carbocycles. The molecule has 7 heteroatoms. The zero-order valence-corrected chi connectivity index (χ0v) is 19.7. The third-order valence-corrected chi connectivity index (χ3v) is 7.41. The van der Waals surface area contributed by atoms with E-state index in [1.807, 2.05) is 41.3 Å². The SMILES string of the molecule is COc1ccc([C@H]2[C@@H]3CCCC[C@]3(O)CCN2C(=O)/C=C/c2ccc3c(c2)OCO3)cc1OC. The Balaban J connectivity index is 1.46. The lowest BCUT2D eigenvalue weighted by Crippen LogP contribution is -2.56. The number of likely N-dealkylation sites (tertiary alicyclic amines) is 1. The highest BCUT2D eigenvalue weighted by Gasteiger charge is 2.50. The summed E-state index contributed by atoms with van der Waals surface area (Å²) in [5.41, 5.74) is 1.06. The van der Waals surface area contributed by atoms with Crippen molar-refractivity contribution in [1.82, 2.24) is 4.90 Å². The first-order valence-corrected chi connectivity index (χ1v) is 11.8. The van der Waals surface area contributed by atoms with Crippen LogP contribution in [0.5, 0.6) is 23.0 Å². The summed E-state index contributed by atoms with van der Waals surface area (Å²) in [5.74, 6) is 2.54. The molecule has 180 valence electrons. The van der Waals surface area contributed by atoms with Crippen LogP contribution in [0.3, 0.4) is 0 Å². The van der Waals surface area contributed by atoms with Crippen LogP contribution in [0.1, 0.15) is 49.3 Å². The number of nitrogens with zero attached hydrogens (tertiary/aromatic N) is 1. The van der Waals surface area contributed by atoms with Crippen molar-refractivity contribution < 1.29 is 28.8 Å². The number of hydrogen-bond acceptors (Lipinski definition) is 6. The summed E-state index contributed by atoms with van der Waals surface area (Å²) in [4.78, 5) is 15.4.